The summed E-state index contributed by atoms with van der Waals surface area (Å²) in [5, 5.41) is 8.23. The first-order chi connectivity index (χ1) is 14.6. The molecule has 1 aliphatic heterocycles. The maximum absolute atomic E-state index is 13.3. The number of aryl methyl sites for hydroxylation is 1. The third kappa shape index (κ3) is 3.41. The molecule has 0 spiro atoms. The maximum atomic E-state index is 13.3. The largest absolute Gasteiger partial charge is 0.360 e. The van der Waals surface area contributed by atoms with Gasteiger partial charge in [0.25, 0.3) is 5.91 Å². The highest BCUT2D eigenvalue weighted by Crippen LogP contribution is 2.32. The van der Waals surface area contributed by atoms with Crippen LogP contribution >= 0.6 is 0 Å². The topological polar surface area (TPSA) is 106 Å². The van der Waals surface area contributed by atoms with Gasteiger partial charge in [-0.2, -0.15) is 0 Å². The average molecular weight is 406 g/mol. The van der Waals surface area contributed by atoms with Gasteiger partial charge in [-0.25, -0.2) is 9.97 Å². The number of rotatable bonds is 7. The highest BCUT2D eigenvalue weighted by molar-refractivity contribution is 6.10. The summed E-state index contributed by atoms with van der Waals surface area (Å²) in [4.78, 5) is 26.3. The Labute approximate surface area is 175 Å². The van der Waals surface area contributed by atoms with Gasteiger partial charge >= 0.3 is 0 Å². The number of fused-ring (bicyclic) bond motifs is 1. The Morgan fingerprint density at radius 1 is 1.23 bits per heavy atom. The highest BCUT2D eigenvalue weighted by atomic mass is 16.2. The van der Waals surface area contributed by atoms with Crippen LogP contribution < -0.4 is 15.5 Å². The van der Waals surface area contributed by atoms with E-state index in [1.807, 2.05) is 47.7 Å². The molecule has 3 aromatic rings. The summed E-state index contributed by atoms with van der Waals surface area (Å²) < 4.78 is 1.97. The molecule has 1 amide bonds. The van der Waals surface area contributed by atoms with E-state index in [0.717, 1.165) is 36.6 Å². The molecule has 30 heavy (non-hydrogen) atoms. The molecular weight excluding hydrogens is 380 g/mol. The molecule has 0 aliphatic carbocycles. The molecule has 4 rings (SSSR count). The van der Waals surface area contributed by atoms with Crippen molar-refractivity contribution < 1.29 is 4.79 Å². The minimum atomic E-state index is -0.0903. The zero-order chi connectivity index (χ0) is 21.3. The monoisotopic (exact) mass is 406 g/mol. The molecule has 0 fully saturated rings. The second-order valence-electron chi connectivity index (χ2n) is 7.29. The van der Waals surface area contributed by atoms with E-state index in [-0.39, 0.29) is 12.5 Å². The van der Waals surface area contributed by atoms with Gasteiger partial charge in [-0.3, -0.25) is 9.69 Å². The predicted octanol–water partition coefficient (Wildman–Crippen LogP) is 2.22. The SMILES string of the molecule is CCCn1cnnc1-c1cccc(N2Cc3c(cc(N(C)CC)nc3CN)C2=O)n1. The summed E-state index contributed by atoms with van der Waals surface area (Å²) >= 11 is 0. The Hall–Kier alpha value is -3.33. The fourth-order valence-corrected chi connectivity index (χ4v) is 3.62. The van der Waals surface area contributed by atoms with E-state index >= 15 is 0 Å². The molecule has 2 N–H and O–H groups in total. The van der Waals surface area contributed by atoms with Gasteiger partial charge in [-0.1, -0.05) is 13.0 Å². The zero-order valence-electron chi connectivity index (χ0n) is 17.5. The molecule has 0 saturated heterocycles. The molecule has 4 heterocycles. The minimum Gasteiger partial charge on any atom is -0.360 e. The van der Waals surface area contributed by atoms with Crippen LogP contribution in [-0.2, 0) is 19.6 Å². The summed E-state index contributed by atoms with van der Waals surface area (Å²) in [5.74, 6) is 1.93. The fraction of sp³-hybridized carbons (Fsp3) is 0.381. The van der Waals surface area contributed by atoms with Crippen LogP contribution in [0.3, 0.4) is 0 Å². The molecular formula is C21H26N8O. The molecule has 0 bridgehead atoms. The second kappa shape index (κ2) is 8.19. The first kappa shape index (κ1) is 20.0. The minimum absolute atomic E-state index is 0.0903. The predicted molar refractivity (Wildman–Crippen MR) is 115 cm³/mol. The maximum Gasteiger partial charge on any atom is 0.260 e. The Kier molecular flexibility index (Phi) is 5.45. The van der Waals surface area contributed by atoms with Gasteiger partial charge in [0, 0.05) is 32.2 Å². The van der Waals surface area contributed by atoms with Crippen molar-refractivity contribution in [2.75, 3.05) is 23.4 Å². The van der Waals surface area contributed by atoms with Crippen molar-refractivity contribution in [1.29, 1.82) is 0 Å². The Morgan fingerprint density at radius 3 is 2.80 bits per heavy atom. The second-order valence-corrected chi connectivity index (χ2v) is 7.29. The number of nitrogens with zero attached hydrogens (tertiary/aromatic N) is 7. The molecule has 156 valence electrons. The normalized spacial score (nSPS) is 13.1. The van der Waals surface area contributed by atoms with Crippen molar-refractivity contribution in [2.45, 2.75) is 39.9 Å². The average Bonchev–Trinajstić information content (AvgIpc) is 3.37. The summed E-state index contributed by atoms with van der Waals surface area (Å²) in [6, 6.07) is 7.45. The van der Waals surface area contributed by atoms with Gasteiger partial charge in [0.05, 0.1) is 17.8 Å². The van der Waals surface area contributed by atoms with Crippen molar-refractivity contribution in [3.05, 3.63) is 47.4 Å². The van der Waals surface area contributed by atoms with E-state index in [1.54, 1.807) is 11.2 Å². The quantitative estimate of drug-likeness (QED) is 0.641. The molecule has 9 nitrogen and oxygen atoms in total. The number of carbonyl (C=O) groups is 1. The van der Waals surface area contributed by atoms with Gasteiger partial charge in [0.2, 0.25) is 0 Å². The van der Waals surface area contributed by atoms with E-state index < -0.39 is 0 Å². The van der Waals surface area contributed by atoms with E-state index in [9.17, 15) is 4.79 Å². The van der Waals surface area contributed by atoms with Crippen LogP contribution in [0.1, 0.15) is 41.9 Å². The zero-order valence-corrected chi connectivity index (χ0v) is 17.5. The smallest absolute Gasteiger partial charge is 0.260 e. The summed E-state index contributed by atoms with van der Waals surface area (Å²) in [5.41, 5.74) is 8.90. The number of carbonyl (C=O) groups excluding carboxylic acids is 1. The third-order valence-electron chi connectivity index (χ3n) is 5.37. The lowest BCUT2D eigenvalue weighted by molar-refractivity contribution is 0.0996. The van der Waals surface area contributed by atoms with Crippen LogP contribution in [0.2, 0.25) is 0 Å². The van der Waals surface area contributed by atoms with Gasteiger partial charge in [-0.05, 0) is 31.5 Å². The van der Waals surface area contributed by atoms with Crippen LogP contribution in [0.25, 0.3) is 11.5 Å². The van der Waals surface area contributed by atoms with E-state index in [4.69, 9.17) is 10.7 Å². The highest BCUT2D eigenvalue weighted by Gasteiger charge is 2.33. The number of aromatic nitrogens is 5. The third-order valence-corrected chi connectivity index (χ3v) is 5.37. The number of amides is 1. The Balaban J connectivity index is 1.70. The summed E-state index contributed by atoms with van der Waals surface area (Å²) in [6.07, 6.45) is 2.67. The van der Waals surface area contributed by atoms with Crippen molar-refractivity contribution in [3.8, 4) is 11.5 Å². The van der Waals surface area contributed by atoms with Crippen LogP contribution in [0.5, 0.6) is 0 Å². The molecule has 0 aromatic carbocycles. The molecule has 9 heteroatoms. The number of nitrogens with two attached hydrogens (primary N) is 1. The molecule has 0 unspecified atom stereocenters. The van der Waals surface area contributed by atoms with Gasteiger partial charge in [0.15, 0.2) is 5.82 Å². The molecule has 0 radical (unpaired) electrons. The number of hydrogen-bond acceptors (Lipinski definition) is 7. The molecule has 0 atom stereocenters. The van der Waals surface area contributed by atoms with Crippen molar-refractivity contribution in [1.82, 2.24) is 24.7 Å². The Bertz CT molecular complexity index is 1080. The van der Waals surface area contributed by atoms with Gasteiger partial charge < -0.3 is 15.2 Å². The van der Waals surface area contributed by atoms with E-state index in [0.29, 0.717) is 29.4 Å². The molecule has 3 aromatic heterocycles. The lowest BCUT2D eigenvalue weighted by Gasteiger charge is -2.17. The molecule has 0 saturated carbocycles. The van der Waals surface area contributed by atoms with Crippen molar-refractivity contribution >= 4 is 17.5 Å². The number of anilines is 2. The number of hydrogen-bond donors (Lipinski definition) is 1. The van der Waals surface area contributed by atoms with Crippen LogP contribution in [-0.4, -0.2) is 44.2 Å². The van der Waals surface area contributed by atoms with Crippen molar-refractivity contribution in [2.24, 2.45) is 5.73 Å². The number of pyridine rings is 2. The van der Waals surface area contributed by atoms with E-state index in [2.05, 4.69) is 22.1 Å². The molecule has 1 aliphatic rings. The van der Waals surface area contributed by atoms with Crippen molar-refractivity contribution in [3.63, 3.8) is 0 Å². The lowest BCUT2D eigenvalue weighted by atomic mass is 10.1. The van der Waals surface area contributed by atoms with Gasteiger partial charge in [0.1, 0.15) is 23.7 Å². The first-order valence-electron chi connectivity index (χ1n) is 10.2. The van der Waals surface area contributed by atoms with E-state index in [1.165, 1.54) is 0 Å². The summed E-state index contributed by atoms with van der Waals surface area (Å²) in [6.45, 7) is 6.42. The fourth-order valence-electron chi connectivity index (χ4n) is 3.62. The standard InChI is InChI=1S/C21H26N8O/c1-4-9-28-13-23-26-20(28)16-7-6-8-18(24-16)29-12-15-14(21(29)30)10-19(27(3)5-2)25-17(15)11-22/h6-8,10,13H,4-5,9,11-12,22H2,1-3H3. The van der Waals surface area contributed by atoms with Crippen LogP contribution in [0, 0.1) is 0 Å². The van der Waals surface area contributed by atoms with Gasteiger partial charge in [-0.15, -0.1) is 10.2 Å². The van der Waals surface area contributed by atoms with Crippen LogP contribution in [0.4, 0.5) is 11.6 Å². The first-order valence-corrected chi connectivity index (χ1v) is 10.2. The lowest BCUT2D eigenvalue weighted by Crippen LogP contribution is -2.24. The Morgan fingerprint density at radius 2 is 2.07 bits per heavy atom. The van der Waals surface area contributed by atoms with Crippen LogP contribution in [0.15, 0.2) is 30.6 Å². The summed E-state index contributed by atoms with van der Waals surface area (Å²) in [7, 11) is 1.95.